The van der Waals surface area contributed by atoms with E-state index in [1.54, 1.807) is 12.3 Å². The number of aryl methyl sites for hydroxylation is 1. The topological polar surface area (TPSA) is 68.7 Å². The van der Waals surface area contributed by atoms with Crippen LogP contribution in [0, 0.1) is 12.7 Å². The van der Waals surface area contributed by atoms with Gasteiger partial charge in [-0.2, -0.15) is 0 Å². The monoisotopic (exact) mass is 327 g/mol. The molecule has 0 unspecified atom stereocenters. The quantitative estimate of drug-likeness (QED) is 0.731. The van der Waals surface area contributed by atoms with Crippen molar-refractivity contribution in [3.05, 3.63) is 42.1 Å². The van der Waals surface area contributed by atoms with Crippen molar-refractivity contribution in [3.8, 4) is 11.3 Å². The summed E-state index contributed by atoms with van der Waals surface area (Å²) in [5, 5.41) is 0. The van der Waals surface area contributed by atoms with E-state index >= 15 is 0 Å². The molecule has 7 heteroatoms. The average Bonchev–Trinajstić information content (AvgIpc) is 3.06. The van der Waals surface area contributed by atoms with Gasteiger partial charge in [-0.3, -0.25) is 0 Å². The van der Waals surface area contributed by atoms with Crippen LogP contribution >= 0.6 is 0 Å². The van der Waals surface area contributed by atoms with Gasteiger partial charge in [0, 0.05) is 37.2 Å². The number of nitrogens with zero attached hydrogens (tertiary/aromatic N) is 4. The molecule has 3 heterocycles. The Morgan fingerprint density at radius 3 is 2.83 bits per heavy atom. The van der Waals surface area contributed by atoms with Crippen molar-refractivity contribution in [1.29, 1.82) is 0 Å². The van der Waals surface area contributed by atoms with Crippen LogP contribution in [0.25, 0.3) is 16.9 Å². The lowest BCUT2D eigenvalue weighted by Gasteiger charge is -2.28. The maximum absolute atomic E-state index is 13.7. The van der Waals surface area contributed by atoms with Crippen LogP contribution in [0.15, 0.2) is 30.7 Å². The largest absolute Gasteiger partial charge is 0.396 e. The normalized spacial score (nSPS) is 15.2. The van der Waals surface area contributed by atoms with Gasteiger partial charge in [-0.1, -0.05) is 0 Å². The summed E-state index contributed by atoms with van der Waals surface area (Å²) in [6.45, 7) is 4.72. The molecule has 0 atom stereocenters. The van der Waals surface area contributed by atoms with Crippen LogP contribution < -0.4 is 10.6 Å². The number of nitrogens with two attached hydrogens (primary N) is 1. The van der Waals surface area contributed by atoms with Crippen molar-refractivity contribution < 1.29 is 9.13 Å². The number of rotatable bonds is 2. The smallest absolute Gasteiger partial charge is 0.180 e. The standard InChI is InChI=1S/C17H18FN5O/c1-11-8-13(18)14(19)9-12(11)15-10-23-3-2-20-16(23)17(21-15)22-4-6-24-7-5-22/h2-3,8-10H,4-7,19H2,1H3. The number of anilines is 2. The van der Waals surface area contributed by atoms with E-state index in [9.17, 15) is 4.39 Å². The van der Waals surface area contributed by atoms with E-state index in [-0.39, 0.29) is 5.69 Å². The lowest BCUT2D eigenvalue weighted by atomic mass is 10.0. The summed E-state index contributed by atoms with van der Waals surface area (Å²) in [6.07, 6.45) is 5.52. The van der Waals surface area contributed by atoms with Crippen molar-refractivity contribution >= 4 is 17.2 Å². The van der Waals surface area contributed by atoms with Gasteiger partial charge in [-0.15, -0.1) is 0 Å². The third-order valence-electron chi connectivity index (χ3n) is 4.29. The van der Waals surface area contributed by atoms with Gasteiger partial charge in [0.25, 0.3) is 0 Å². The van der Waals surface area contributed by atoms with Gasteiger partial charge in [-0.25, -0.2) is 14.4 Å². The summed E-state index contributed by atoms with van der Waals surface area (Å²) < 4.78 is 21.0. The number of imidazole rings is 1. The highest BCUT2D eigenvalue weighted by molar-refractivity contribution is 5.73. The van der Waals surface area contributed by atoms with Gasteiger partial charge < -0.3 is 19.8 Å². The van der Waals surface area contributed by atoms with E-state index in [2.05, 4.69) is 9.88 Å². The molecule has 0 spiro atoms. The van der Waals surface area contributed by atoms with Crippen LogP contribution in [0.1, 0.15) is 5.56 Å². The molecule has 2 N–H and O–H groups in total. The fourth-order valence-electron chi connectivity index (χ4n) is 3.00. The van der Waals surface area contributed by atoms with Crippen LogP contribution in [0.3, 0.4) is 0 Å². The summed E-state index contributed by atoms with van der Waals surface area (Å²) in [5.41, 5.74) is 9.03. The third kappa shape index (κ3) is 2.46. The zero-order valence-electron chi connectivity index (χ0n) is 13.4. The molecule has 3 aromatic rings. The predicted molar refractivity (Wildman–Crippen MR) is 90.6 cm³/mol. The fourth-order valence-corrected chi connectivity index (χ4v) is 3.00. The molecule has 6 nitrogen and oxygen atoms in total. The molecule has 0 amide bonds. The lowest BCUT2D eigenvalue weighted by molar-refractivity contribution is 0.122. The second-order valence-corrected chi connectivity index (χ2v) is 5.90. The minimum Gasteiger partial charge on any atom is -0.396 e. The van der Waals surface area contributed by atoms with E-state index in [1.165, 1.54) is 6.07 Å². The molecule has 1 aliphatic rings. The molecule has 1 aliphatic heterocycles. The summed E-state index contributed by atoms with van der Waals surface area (Å²) in [5.74, 6) is 0.399. The molecule has 2 aromatic heterocycles. The molecule has 0 bridgehead atoms. The van der Waals surface area contributed by atoms with Gasteiger partial charge in [0.1, 0.15) is 5.82 Å². The van der Waals surface area contributed by atoms with E-state index in [4.69, 9.17) is 15.5 Å². The minimum absolute atomic E-state index is 0.121. The second-order valence-electron chi connectivity index (χ2n) is 5.90. The van der Waals surface area contributed by atoms with Gasteiger partial charge in [0.2, 0.25) is 0 Å². The number of halogens is 1. The van der Waals surface area contributed by atoms with Crippen molar-refractivity contribution in [1.82, 2.24) is 14.4 Å². The molecule has 1 saturated heterocycles. The Kier molecular flexibility index (Phi) is 3.57. The Hall–Kier alpha value is -2.67. The number of morpholine rings is 1. The fraction of sp³-hybridized carbons (Fsp3) is 0.294. The highest BCUT2D eigenvalue weighted by Crippen LogP contribution is 2.29. The number of nitrogen functional groups attached to an aromatic ring is 1. The first kappa shape index (κ1) is 14.9. The Morgan fingerprint density at radius 2 is 2.04 bits per heavy atom. The molecule has 0 radical (unpaired) electrons. The maximum Gasteiger partial charge on any atom is 0.180 e. The number of ether oxygens (including phenoxy) is 1. The first-order valence-electron chi connectivity index (χ1n) is 7.86. The van der Waals surface area contributed by atoms with Gasteiger partial charge in [0.15, 0.2) is 11.5 Å². The molecular weight excluding hydrogens is 309 g/mol. The molecule has 1 fully saturated rings. The van der Waals surface area contributed by atoms with Crippen LogP contribution in [0.2, 0.25) is 0 Å². The van der Waals surface area contributed by atoms with Gasteiger partial charge >= 0.3 is 0 Å². The molecule has 1 aromatic carbocycles. The second kappa shape index (κ2) is 5.76. The highest BCUT2D eigenvalue weighted by atomic mass is 19.1. The molecule has 0 saturated carbocycles. The molecular formula is C17H18FN5O. The van der Waals surface area contributed by atoms with E-state index in [0.29, 0.717) is 13.2 Å². The van der Waals surface area contributed by atoms with Crippen LogP contribution in [0.4, 0.5) is 15.9 Å². The molecule has 24 heavy (non-hydrogen) atoms. The Labute approximate surface area is 138 Å². The summed E-state index contributed by atoms with van der Waals surface area (Å²) >= 11 is 0. The summed E-state index contributed by atoms with van der Waals surface area (Å²) in [4.78, 5) is 11.4. The predicted octanol–water partition coefficient (Wildman–Crippen LogP) is 2.26. The molecule has 0 aliphatic carbocycles. The van der Waals surface area contributed by atoms with Crippen LogP contribution in [-0.2, 0) is 4.74 Å². The van der Waals surface area contributed by atoms with Crippen LogP contribution in [0.5, 0.6) is 0 Å². The summed E-state index contributed by atoms with van der Waals surface area (Å²) in [7, 11) is 0. The van der Waals surface area contributed by atoms with Crippen molar-refractivity contribution in [3.63, 3.8) is 0 Å². The molecule has 4 rings (SSSR count). The SMILES string of the molecule is Cc1cc(F)c(N)cc1-c1cn2ccnc2c(N2CCOCC2)n1. The number of aromatic nitrogens is 3. The van der Waals surface area contributed by atoms with Gasteiger partial charge in [-0.05, 0) is 24.6 Å². The van der Waals surface area contributed by atoms with Gasteiger partial charge in [0.05, 0.1) is 24.6 Å². The third-order valence-corrected chi connectivity index (χ3v) is 4.29. The number of benzene rings is 1. The van der Waals surface area contributed by atoms with Crippen LogP contribution in [-0.4, -0.2) is 40.7 Å². The van der Waals surface area contributed by atoms with E-state index < -0.39 is 5.82 Å². The lowest BCUT2D eigenvalue weighted by Crippen LogP contribution is -2.37. The average molecular weight is 327 g/mol. The first-order valence-corrected chi connectivity index (χ1v) is 7.86. The van der Waals surface area contributed by atoms with E-state index in [0.717, 1.165) is 41.4 Å². The van der Waals surface area contributed by atoms with Crippen molar-refractivity contribution in [2.75, 3.05) is 36.9 Å². The Bertz CT molecular complexity index is 901. The zero-order valence-corrected chi connectivity index (χ0v) is 13.4. The molecule has 124 valence electrons. The number of hydrogen-bond donors (Lipinski definition) is 1. The Morgan fingerprint density at radius 1 is 1.25 bits per heavy atom. The highest BCUT2D eigenvalue weighted by Gasteiger charge is 2.19. The van der Waals surface area contributed by atoms with Crippen molar-refractivity contribution in [2.24, 2.45) is 0 Å². The number of hydrogen-bond acceptors (Lipinski definition) is 5. The number of fused-ring (bicyclic) bond motifs is 1. The minimum atomic E-state index is -0.409. The maximum atomic E-state index is 13.7. The summed E-state index contributed by atoms with van der Waals surface area (Å²) in [6, 6.07) is 3.08. The first-order chi connectivity index (χ1) is 11.6. The van der Waals surface area contributed by atoms with Crippen molar-refractivity contribution in [2.45, 2.75) is 6.92 Å². The Balaban J connectivity index is 1.89. The zero-order chi connectivity index (χ0) is 16.7. The van der Waals surface area contributed by atoms with E-state index in [1.807, 2.05) is 23.7 Å².